The predicted molar refractivity (Wildman–Crippen MR) is 93.0 cm³/mol. The van der Waals surface area contributed by atoms with E-state index in [9.17, 15) is 13.6 Å². The average Bonchev–Trinajstić information content (AvgIpc) is 2.60. The second-order valence-corrected chi connectivity index (χ2v) is 6.28. The quantitative estimate of drug-likeness (QED) is 0.918. The third-order valence-corrected chi connectivity index (χ3v) is 4.25. The Morgan fingerprint density at radius 1 is 1.12 bits per heavy atom. The van der Waals surface area contributed by atoms with Crippen LogP contribution in [0.3, 0.4) is 0 Å². The van der Waals surface area contributed by atoms with Crippen LogP contribution in [-0.4, -0.2) is 31.2 Å². The van der Waals surface area contributed by atoms with Crippen LogP contribution < -0.4 is 10.2 Å². The zero-order valence-electron chi connectivity index (χ0n) is 14.1. The fourth-order valence-corrected chi connectivity index (χ4v) is 2.84. The lowest BCUT2D eigenvalue weighted by Crippen LogP contribution is -2.47. The van der Waals surface area contributed by atoms with Crippen molar-refractivity contribution in [1.82, 2.24) is 0 Å². The maximum absolute atomic E-state index is 13.2. The number of rotatable bonds is 3. The molecule has 6 heteroatoms. The monoisotopic (exact) mass is 346 g/mol. The zero-order chi connectivity index (χ0) is 18.0. The molecule has 0 bridgehead atoms. The van der Waals surface area contributed by atoms with Gasteiger partial charge in [0.2, 0.25) is 0 Å². The van der Waals surface area contributed by atoms with E-state index in [4.69, 9.17) is 4.74 Å². The summed E-state index contributed by atoms with van der Waals surface area (Å²) < 4.78 is 31.8. The number of anilines is 2. The van der Waals surface area contributed by atoms with Gasteiger partial charge in [-0.3, -0.25) is 4.79 Å². The van der Waals surface area contributed by atoms with Crippen molar-refractivity contribution >= 4 is 17.3 Å². The second kappa shape index (κ2) is 7.19. The maximum atomic E-state index is 13.2. The lowest BCUT2D eigenvalue weighted by molar-refractivity contribution is 0.0344. The number of hydrogen-bond acceptors (Lipinski definition) is 3. The second-order valence-electron chi connectivity index (χ2n) is 6.28. The van der Waals surface area contributed by atoms with Gasteiger partial charge in [-0.2, -0.15) is 0 Å². The van der Waals surface area contributed by atoms with E-state index in [0.29, 0.717) is 12.3 Å². The molecule has 2 atom stereocenters. The van der Waals surface area contributed by atoms with Crippen LogP contribution in [-0.2, 0) is 4.74 Å². The van der Waals surface area contributed by atoms with Crippen molar-refractivity contribution in [3.63, 3.8) is 0 Å². The van der Waals surface area contributed by atoms with Crippen molar-refractivity contribution in [2.24, 2.45) is 0 Å². The first-order valence-electron chi connectivity index (χ1n) is 8.19. The molecule has 1 fully saturated rings. The van der Waals surface area contributed by atoms with Crippen molar-refractivity contribution in [1.29, 1.82) is 0 Å². The minimum Gasteiger partial charge on any atom is -0.375 e. The molecule has 1 heterocycles. The third-order valence-electron chi connectivity index (χ3n) is 4.25. The van der Waals surface area contributed by atoms with Gasteiger partial charge in [0.05, 0.1) is 12.7 Å². The molecule has 2 unspecified atom stereocenters. The molecule has 1 amide bonds. The molecule has 0 aromatic heterocycles. The number of carbonyl (C=O) groups is 1. The molecule has 3 rings (SSSR count). The van der Waals surface area contributed by atoms with E-state index in [0.717, 1.165) is 24.4 Å². The van der Waals surface area contributed by atoms with Crippen molar-refractivity contribution < 1.29 is 18.3 Å². The number of ether oxygens (including phenoxy) is 1. The number of morpholine rings is 1. The summed E-state index contributed by atoms with van der Waals surface area (Å²) in [7, 11) is 0. The molecule has 0 spiro atoms. The summed E-state index contributed by atoms with van der Waals surface area (Å²) in [5, 5.41) is 2.68. The van der Waals surface area contributed by atoms with E-state index in [1.165, 1.54) is 6.07 Å². The summed E-state index contributed by atoms with van der Waals surface area (Å²) in [6.07, 6.45) is 0.170. The van der Waals surface area contributed by atoms with Gasteiger partial charge in [-0.25, -0.2) is 8.78 Å². The summed E-state index contributed by atoms with van der Waals surface area (Å²) >= 11 is 0. The number of nitrogens with one attached hydrogen (secondary N) is 1. The highest BCUT2D eigenvalue weighted by Gasteiger charge is 2.23. The largest absolute Gasteiger partial charge is 0.375 e. The Kier molecular flexibility index (Phi) is 4.99. The fourth-order valence-electron chi connectivity index (χ4n) is 2.84. The molecular formula is C19H20F2N2O2. The van der Waals surface area contributed by atoms with Gasteiger partial charge in [0.25, 0.3) is 5.91 Å². The zero-order valence-corrected chi connectivity index (χ0v) is 14.1. The highest BCUT2D eigenvalue weighted by Crippen LogP contribution is 2.24. The summed E-state index contributed by atoms with van der Waals surface area (Å²) in [6, 6.07) is 10.8. The van der Waals surface area contributed by atoms with Crippen LogP contribution in [0.5, 0.6) is 0 Å². The van der Waals surface area contributed by atoms with Crippen LogP contribution in [0.25, 0.3) is 0 Å². The van der Waals surface area contributed by atoms with Crippen LogP contribution in [0, 0.1) is 11.6 Å². The average molecular weight is 346 g/mol. The lowest BCUT2D eigenvalue weighted by atomic mass is 10.1. The Balaban J connectivity index is 1.69. The van der Waals surface area contributed by atoms with Crippen LogP contribution in [0.15, 0.2) is 42.5 Å². The van der Waals surface area contributed by atoms with E-state index < -0.39 is 17.5 Å². The Hall–Kier alpha value is -2.47. The van der Waals surface area contributed by atoms with Crippen molar-refractivity contribution in [3.05, 3.63) is 59.7 Å². The fraction of sp³-hybridized carbons (Fsp3) is 0.316. The molecule has 1 N–H and O–H groups in total. The molecular weight excluding hydrogens is 326 g/mol. The normalized spacial score (nSPS) is 20.4. The van der Waals surface area contributed by atoms with Gasteiger partial charge >= 0.3 is 0 Å². The van der Waals surface area contributed by atoms with Crippen LogP contribution in [0.1, 0.15) is 24.2 Å². The topological polar surface area (TPSA) is 41.6 Å². The van der Waals surface area contributed by atoms with Gasteiger partial charge in [-0.15, -0.1) is 0 Å². The smallest absolute Gasteiger partial charge is 0.255 e. The van der Waals surface area contributed by atoms with Crippen molar-refractivity contribution in [2.75, 3.05) is 23.4 Å². The van der Waals surface area contributed by atoms with E-state index in [1.54, 1.807) is 12.1 Å². The molecule has 4 nitrogen and oxygen atoms in total. The minimum absolute atomic E-state index is 0.0682. The van der Waals surface area contributed by atoms with Crippen molar-refractivity contribution in [2.45, 2.75) is 26.0 Å². The van der Waals surface area contributed by atoms with Gasteiger partial charge < -0.3 is 15.0 Å². The van der Waals surface area contributed by atoms with E-state index in [1.807, 2.05) is 19.1 Å². The molecule has 0 aliphatic carbocycles. The Morgan fingerprint density at radius 2 is 1.84 bits per heavy atom. The number of halogens is 2. The third kappa shape index (κ3) is 3.96. The first-order chi connectivity index (χ1) is 11.9. The number of carbonyl (C=O) groups excluding carboxylic acids is 1. The van der Waals surface area contributed by atoms with Gasteiger partial charge in [0.1, 0.15) is 0 Å². The van der Waals surface area contributed by atoms with Gasteiger partial charge in [-0.05, 0) is 56.3 Å². The number of hydrogen-bond donors (Lipinski definition) is 1. The van der Waals surface area contributed by atoms with Gasteiger partial charge in [-0.1, -0.05) is 0 Å². The molecule has 0 saturated carbocycles. The summed E-state index contributed by atoms with van der Waals surface area (Å²) in [5.41, 5.74) is 1.71. The van der Waals surface area contributed by atoms with Gasteiger partial charge in [0, 0.05) is 29.5 Å². The Morgan fingerprint density at radius 3 is 2.52 bits per heavy atom. The Bertz CT molecular complexity index is 765. The molecule has 1 aliphatic rings. The highest BCUT2D eigenvalue weighted by atomic mass is 19.2. The molecule has 2 aromatic carbocycles. The molecule has 1 saturated heterocycles. The van der Waals surface area contributed by atoms with E-state index in [-0.39, 0.29) is 17.7 Å². The number of amides is 1. The van der Waals surface area contributed by atoms with E-state index in [2.05, 4.69) is 17.1 Å². The highest BCUT2D eigenvalue weighted by molar-refractivity contribution is 6.04. The summed E-state index contributed by atoms with van der Waals surface area (Å²) in [4.78, 5) is 14.4. The van der Waals surface area contributed by atoms with Crippen LogP contribution in [0.4, 0.5) is 20.2 Å². The SMILES string of the molecule is CC1CN(c2ccc(NC(=O)c3ccc(F)c(F)c3)cc2)C(C)CO1. The first kappa shape index (κ1) is 17.4. The Labute approximate surface area is 145 Å². The first-order valence-corrected chi connectivity index (χ1v) is 8.19. The van der Waals surface area contributed by atoms with Crippen LogP contribution in [0.2, 0.25) is 0 Å². The number of nitrogens with zero attached hydrogens (tertiary/aromatic N) is 1. The van der Waals surface area contributed by atoms with Crippen LogP contribution >= 0.6 is 0 Å². The molecule has 132 valence electrons. The number of benzene rings is 2. The minimum atomic E-state index is -1.04. The summed E-state index contributed by atoms with van der Waals surface area (Å²) in [5.74, 6) is -2.51. The van der Waals surface area contributed by atoms with E-state index >= 15 is 0 Å². The van der Waals surface area contributed by atoms with Crippen molar-refractivity contribution in [3.8, 4) is 0 Å². The van der Waals surface area contributed by atoms with Gasteiger partial charge in [0.15, 0.2) is 11.6 Å². The molecule has 25 heavy (non-hydrogen) atoms. The molecule has 2 aromatic rings. The maximum Gasteiger partial charge on any atom is 0.255 e. The molecule has 1 aliphatic heterocycles. The summed E-state index contributed by atoms with van der Waals surface area (Å²) in [6.45, 7) is 5.62. The predicted octanol–water partition coefficient (Wildman–Crippen LogP) is 3.83. The molecule has 0 radical (unpaired) electrons. The standard InChI is InChI=1S/C19H20F2N2O2/c1-12-11-25-13(2)10-23(12)16-6-4-15(5-7-16)22-19(24)14-3-8-17(20)18(21)9-14/h3-9,12-13H,10-11H2,1-2H3,(H,22,24). The lowest BCUT2D eigenvalue weighted by Gasteiger charge is -2.38.